The third-order valence-electron chi connectivity index (χ3n) is 8.15. The zero-order chi connectivity index (χ0) is 32.4. The average molecular weight is 622 g/mol. The number of hydroxylamine groups is 3. The minimum absolute atomic E-state index is 0.111. The molecule has 12 heteroatoms. The molecule has 1 fully saturated rings. The van der Waals surface area contributed by atoms with Gasteiger partial charge in [-0.1, -0.05) is 36.4 Å². The number of hydrogen-bond donors (Lipinski definition) is 1. The number of methoxy groups -OCH3 is 1. The molecule has 1 saturated carbocycles. The lowest BCUT2D eigenvalue weighted by Gasteiger charge is -2.38. The largest absolute Gasteiger partial charge is 0.633 e. The van der Waals surface area contributed by atoms with Crippen molar-refractivity contribution < 1.29 is 18.9 Å². The number of imidazole rings is 1. The topological polar surface area (TPSA) is 141 Å². The van der Waals surface area contributed by atoms with Crippen LogP contribution < -0.4 is 25.8 Å². The number of nitrogens with zero attached hydrogens (tertiary/aromatic N) is 6. The lowest BCUT2D eigenvalue weighted by molar-refractivity contribution is -0.865. The van der Waals surface area contributed by atoms with Crippen LogP contribution in [0.2, 0.25) is 0 Å². The molecule has 2 heterocycles. The molecule has 1 amide bonds. The van der Waals surface area contributed by atoms with Gasteiger partial charge in [-0.2, -0.15) is 0 Å². The van der Waals surface area contributed by atoms with Crippen molar-refractivity contribution in [1.82, 2.24) is 19.1 Å². The Morgan fingerprint density at radius 2 is 1.80 bits per heavy atom. The van der Waals surface area contributed by atoms with Crippen molar-refractivity contribution in [1.29, 1.82) is 0 Å². The number of rotatable bonds is 11. The SMILES string of the molecule is COc1cc(-n2c(=O)n(-c3cccc(N(C)C(=O)/C=C/C[N+](C)([O-])C4CC4)c3)c3ncnc(N)c32)ccc1OCc1ccccc1. The third-order valence-corrected chi connectivity index (χ3v) is 8.15. The number of quaternary nitrogens is 1. The van der Waals surface area contributed by atoms with Gasteiger partial charge in [0.25, 0.3) is 5.91 Å². The number of amides is 1. The Hall–Kier alpha value is -5.46. The van der Waals surface area contributed by atoms with Crippen LogP contribution in [0.4, 0.5) is 11.5 Å². The number of aromatic nitrogens is 4. The molecule has 2 aromatic heterocycles. The summed E-state index contributed by atoms with van der Waals surface area (Å²) < 4.78 is 14.1. The van der Waals surface area contributed by atoms with Gasteiger partial charge in [0, 0.05) is 37.7 Å². The van der Waals surface area contributed by atoms with Gasteiger partial charge in [-0.05, 0) is 42.0 Å². The van der Waals surface area contributed by atoms with Crippen molar-refractivity contribution in [2.24, 2.45) is 0 Å². The van der Waals surface area contributed by atoms with Gasteiger partial charge in [0.15, 0.2) is 23.0 Å². The predicted octanol–water partition coefficient (Wildman–Crippen LogP) is 4.37. The Labute approximate surface area is 265 Å². The summed E-state index contributed by atoms with van der Waals surface area (Å²) in [5.41, 5.74) is 8.98. The van der Waals surface area contributed by atoms with Crippen LogP contribution in [0.5, 0.6) is 11.5 Å². The Bertz CT molecular complexity index is 1980. The van der Waals surface area contributed by atoms with Crippen molar-refractivity contribution in [2.75, 3.05) is 38.4 Å². The fourth-order valence-electron chi connectivity index (χ4n) is 5.38. The van der Waals surface area contributed by atoms with E-state index in [1.807, 2.05) is 30.3 Å². The van der Waals surface area contributed by atoms with Crippen LogP contribution in [0.3, 0.4) is 0 Å². The molecule has 2 N–H and O–H groups in total. The number of nitrogens with two attached hydrogens (primary N) is 1. The van der Waals surface area contributed by atoms with Crippen LogP contribution in [0.25, 0.3) is 22.5 Å². The Balaban J connectivity index is 1.33. The van der Waals surface area contributed by atoms with E-state index in [0.29, 0.717) is 46.3 Å². The summed E-state index contributed by atoms with van der Waals surface area (Å²) in [7, 11) is 4.80. The molecular formula is C34H35N7O5. The summed E-state index contributed by atoms with van der Waals surface area (Å²) in [6, 6.07) is 22.0. The van der Waals surface area contributed by atoms with Gasteiger partial charge in [0.05, 0.1) is 38.1 Å². The number of benzene rings is 3. The normalized spacial score (nSPS) is 14.3. The average Bonchev–Trinajstić information content (AvgIpc) is 3.88. The first-order chi connectivity index (χ1) is 22.2. The fourth-order valence-corrected chi connectivity index (χ4v) is 5.38. The second kappa shape index (κ2) is 12.5. The molecule has 1 atom stereocenters. The minimum atomic E-state index is -0.444. The number of anilines is 2. The summed E-state index contributed by atoms with van der Waals surface area (Å²) in [5.74, 6) is 0.765. The van der Waals surface area contributed by atoms with E-state index in [1.165, 1.54) is 33.5 Å². The van der Waals surface area contributed by atoms with Gasteiger partial charge < -0.3 is 30.0 Å². The van der Waals surface area contributed by atoms with Crippen LogP contribution in [-0.2, 0) is 11.4 Å². The van der Waals surface area contributed by atoms with E-state index in [-0.39, 0.29) is 29.0 Å². The Morgan fingerprint density at radius 3 is 2.54 bits per heavy atom. The van der Waals surface area contributed by atoms with E-state index in [2.05, 4.69) is 9.97 Å². The summed E-state index contributed by atoms with van der Waals surface area (Å²) in [6.07, 6.45) is 6.17. The molecule has 3 aromatic carbocycles. The molecule has 46 heavy (non-hydrogen) atoms. The standard InChI is InChI=1S/C34H35N7O5/c1-38(30(42)13-8-18-41(2,44)27-15-16-27)24-11-7-12-25(19-24)40-33-31(32(35)36-22-37-33)39(34(40)43)26-14-17-28(29(20-26)45-3)46-21-23-9-5-4-6-10-23/h4-14,17,19-20,22,27H,15-16,18,21H2,1-3H3,(H2,35,36,37)/b13-8+. The highest BCUT2D eigenvalue weighted by atomic mass is 16.5. The highest BCUT2D eigenvalue weighted by Gasteiger charge is 2.34. The zero-order valence-electron chi connectivity index (χ0n) is 25.9. The van der Waals surface area contributed by atoms with Gasteiger partial charge in [-0.3, -0.25) is 9.36 Å². The van der Waals surface area contributed by atoms with Gasteiger partial charge in [0.1, 0.15) is 18.5 Å². The van der Waals surface area contributed by atoms with Crippen molar-refractivity contribution in [2.45, 2.75) is 25.5 Å². The number of carbonyl (C=O) groups excluding carboxylic acids is 1. The second-order valence-corrected chi connectivity index (χ2v) is 11.4. The zero-order valence-corrected chi connectivity index (χ0v) is 25.9. The first kappa shape index (κ1) is 30.6. The quantitative estimate of drug-likeness (QED) is 0.130. The smallest absolute Gasteiger partial charge is 0.339 e. The summed E-state index contributed by atoms with van der Waals surface area (Å²) >= 11 is 0. The summed E-state index contributed by atoms with van der Waals surface area (Å²) in [6.45, 7) is 0.572. The molecular weight excluding hydrogens is 586 g/mol. The lowest BCUT2D eigenvalue weighted by atomic mass is 10.2. The van der Waals surface area contributed by atoms with Crippen molar-refractivity contribution in [3.05, 3.63) is 113 Å². The summed E-state index contributed by atoms with van der Waals surface area (Å²) in [5, 5.41) is 12.6. The maximum Gasteiger partial charge on any atom is 0.339 e. The lowest BCUT2D eigenvalue weighted by Crippen LogP contribution is -2.40. The molecule has 0 saturated heterocycles. The van der Waals surface area contributed by atoms with Crippen LogP contribution in [0.1, 0.15) is 18.4 Å². The van der Waals surface area contributed by atoms with Crippen molar-refractivity contribution in [3.8, 4) is 22.9 Å². The molecule has 6 rings (SSSR count). The van der Waals surface area contributed by atoms with Gasteiger partial charge >= 0.3 is 5.69 Å². The van der Waals surface area contributed by atoms with E-state index in [4.69, 9.17) is 15.2 Å². The molecule has 12 nitrogen and oxygen atoms in total. The van der Waals surface area contributed by atoms with Crippen molar-refractivity contribution in [3.63, 3.8) is 0 Å². The van der Waals surface area contributed by atoms with Crippen LogP contribution >= 0.6 is 0 Å². The Morgan fingerprint density at radius 1 is 1.04 bits per heavy atom. The van der Waals surface area contributed by atoms with E-state index in [9.17, 15) is 14.8 Å². The van der Waals surface area contributed by atoms with Crippen LogP contribution in [0.15, 0.2) is 96.1 Å². The fraction of sp³-hybridized carbons (Fsp3) is 0.235. The molecule has 1 aliphatic rings. The van der Waals surface area contributed by atoms with Crippen LogP contribution in [0, 0.1) is 5.21 Å². The molecule has 0 spiro atoms. The molecule has 1 unspecified atom stereocenters. The third kappa shape index (κ3) is 6.08. The molecule has 1 aliphatic carbocycles. The number of nitrogen functional groups attached to an aromatic ring is 1. The number of carbonyl (C=O) groups is 1. The van der Waals surface area contributed by atoms with E-state index in [1.54, 1.807) is 62.6 Å². The summed E-state index contributed by atoms with van der Waals surface area (Å²) in [4.78, 5) is 37.2. The highest BCUT2D eigenvalue weighted by Crippen LogP contribution is 2.33. The van der Waals surface area contributed by atoms with Crippen molar-refractivity contribution >= 4 is 28.6 Å². The van der Waals surface area contributed by atoms with Gasteiger partial charge in [-0.25, -0.2) is 19.3 Å². The molecule has 5 aromatic rings. The first-order valence-electron chi connectivity index (χ1n) is 14.9. The number of fused-ring (bicyclic) bond motifs is 1. The van der Waals surface area contributed by atoms with Crippen LogP contribution in [-0.4, -0.2) is 63.4 Å². The molecule has 236 valence electrons. The van der Waals surface area contributed by atoms with Gasteiger partial charge in [0.2, 0.25) is 0 Å². The number of hydrogen-bond acceptors (Lipinski definition) is 8. The second-order valence-electron chi connectivity index (χ2n) is 11.4. The first-order valence-corrected chi connectivity index (χ1v) is 14.9. The molecule has 0 aliphatic heterocycles. The van der Waals surface area contributed by atoms with E-state index < -0.39 is 5.69 Å². The van der Waals surface area contributed by atoms with E-state index in [0.717, 1.165) is 18.4 Å². The number of ether oxygens (including phenoxy) is 2. The van der Waals surface area contributed by atoms with E-state index >= 15 is 0 Å². The minimum Gasteiger partial charge on any atom is -0.633 e. The van der Waals surface area contributed by atoms with Gasteiger partial charge in [-0.15, -0.1) is 0 Å². The maximum absolute atomic E-state index is 14.2. The molecule has 0 bridgehead atoms. The highest BCUT2D eigenvalue weighted by molar-refractivity contribution is 6.01. The number of likely N-dealkylation sites (N-methyl/N-ethyl adjacent to an activating group) is 2. The monoisotopic (exact) mass is 621 g/mol. The predicted molar refractivity (Wildman–Crippen MR) is 176 cm³/mol. The maximum atomic E-state index is 14.2. The Kier molecular flexibility index (Phi) is 8.31. The molecule has 0 radical (unpaired) electrons.